The van der Waals surface area contributed by atoms with Gasteiger partial charge >= 0.3 is 0 Å². The lowest BCUT2D eigenvalue weighted by molar-refractivity contribution is 0.324. The van der Waals surface area contributed by atoms with Crippen molar-refractivity contribution in [1.29, 1.82) is 0 Å². The zero-order chi connectivity index (χ0) is 15.5. The Labute approximate surface area is 131 Å². The molecule has 5 heteroatoms. The number of rotatable bonds is 5. The van der Waals surface area contributed by atoms with Gasteiger partial charge in [0.05, 0.1) is 24.7 Å². The molecule has 0 radical (unpaired) electrons. The maximum Gasteiger partial charge on any atom is 0.123 e. The third kappa shape index (κ3) is 3.00. The minimum Gasteiger partial charge on any atom is -0.494 e. The van der Waals surface area contributed by atoms with Gasteiger partial charge in [-0.1, -0.05) is 6.07 Å². The minimum atomic E-state index is 0.159. The quantitative estimate of drug-likeness (QED) is 0.888. The lowest BCUT2D eigenvalue weighted by Gasteiger charge is -2.25. The molecule has 2 N–H and O–H groups in total. The van der Waals surface area contributed by atoms with E-state index in [1.165, 1.54) is 16.8 Å². The van der Waals surface area contributed by atoms with E-state index in [0.29, 0.717) is 6.61 Å². The predicted molar refractivity (Wildman–Crippen MR) is 87.1 cm³/mol. The Morgan fingerprint density at radius 2 is 2.23 bits per heavy atom. The van der Waals surface area contributed by atoms with E-state index >= 15 is 0 Å². The van der Waals surface area contributed by atoms with Crippen LogP contribution in [0.5, 0.6) is 5.75 Å². The molecule has 0 fully saturated rings. The summed E-state index contributed by atoms with van der Waals surface area (Å²) >= 11 is 0. The molecule has 2 heterocycles. The van der Waals surface area contributed by atoms with E-state index in [1.807, 2.05) is 6.92 Å². The van der Waals surface area contributed by atoms with Gasteiger partial charge in [0.15, 0.2) is 0 Å². The van der Waals surface area contributed by atoms with Crippen LogP contribution in [0.2, 0.25) is 0 Å². The van der Waals surface area contributed by atoms with Crippen molar-refractivity contribution < 1.29 is 4.74 Å². The summed E-state index contributed by atoms with van der Waals surface area (Å²) < 4.78 is 5.77. The van der Waals surface area contributed by atoms with Crippen LogP contribution in [0, 0.1) is 0 Å². The molecule has 0 aliphatic carbocycles. The number of aromatic amines is 1. The van der Waals surface area contributed by atoms with E-state index in [1.54, 1.807) is 6.33 Å². The van der Waals surface area contributed by atoms with Crippen LogP contribution in [0.15, 0.2) is 24.5 Å². The highest BCUT2D eigenvalue weighted by atomic mass is 16.5. The number of hydrogen-bond acceptors (Lipinski definition) is 4. The van der Waals surface area contributed by atoms with E-state index in [0.717, 1.165) is 31.0 Å². The molecule has 0 unspecified atom stereocenters. The maximum absolute atomic E-state index is 5.77. The third-order valence-electron chi connectivity index (χ3n) is 3.95. The zero-order valence-electron chi connectivity index (χ0n) is 13.5. The summed E-state index contributed by atoms with van der Waals surface area (Å²) in [5, 5.41) is 3.57. The molecule has 1 atom stereocenters. The smallest absolute Gasteiger partial charge is 0.123 e. The highest BCUT2D eigenvalue weighted by Gasteiger charge is 2.24. The van der Waals surface area contributed by atoms with Crippen molar-refractivity contribution in [2.45, 2.75) is 25.9 Å². The summed E-state index contributed by atoms with van der Waals surface area (Å²) in [5.41, 5.74) is 4.82. The van der Waals surface area contributed by atoms with Crippen LogP contribution in [0.1, 0.15) is 35.5 Å². The Bertz CT molecular complexity index is 635. The molecule has 5 nitrogen and oxygen atoms in total. The molecule has 0 spiro atoms. The van der Waals surface area contributed by atoms with Gasteiger partial charge in [0.1, 0.15) is 5.75 Å². The first-order chi connectivity index (χ1) is 10.7. The van der Waals surface area contributed by atoms with Gasteiger partial charge in [0.25, 0.3) is 0 Å². The molecule has 2 aromatic rings. The molecule has 22 heavy (non-hydrogen) atoms. The second-order valence-corrected chi connectivity index (χ2v) is 5.94. The number of fused-ring (bicyclic) bond motifs is 1. The largest absolute Gasteiger partial charge is 0.494 e. The van der Waals surface area contributed by atoms with Crippen molar-refractivity contribution in [2.24, 2.45) is 0 Å². The van der Waals surface area contributed by atoms with E-state index in [4.69, 9.17) is 4.74 Å². The monoisotopic (exact) mass is 300 g/mol. The number of hydrogen-bond donors (Lipinski definition) is 2. The number of imidazole rings is 1. The van der Waals surface area contributed by atoms with Gasteiger partial charge in [-0.3, -0.25) is 0 Å². The number of nitrogens with one attached hydrogen (secondary N) is 2. The first-order valence-electron chi connectivity index (χ1n) is 7.85. The molecule has 3 rings (SSSR count). The van der Waals surface area contributed by atoms with Crippen molar-refractivity contribution in [2.75, 3.05) is 27.2 Å². The molecule has 0 saturated carbocycles. The van der Waals surface area contributed by atoms with Gasteiger partial charge in [0.2, 0.25) is 0 Å². The molecule has 118 valence electrons. The number of nitrogens with zero attached hydrogens (tertiary/aromatic N) is 2. The summed E-state index contributed by atoms with van der Waals surface area (Å²) in [4.78, 5) is 9.92. The van der Waals surface area contributed by atoms with Crippen LogP contribution >= 0.6 is 0 Å². The third-order valence-corrected chi connectivity index (χ3v) is 3.95. The van der Waals surface area contributed by atoms with Gasteiger partial charge in [-0.25, -0.2) is 4.98 Å². The fourth-order valence-electron chi connectivity index (χ4n) is 3.03. The molecule has 1 aromatic carbocycles. The van der Waals surface area contributed by atoms with Crippen LogP contribution in [-0.4, -0.2) is 42.1 Å². The molecule has 0 amide bonds. The fraction of sp³-hybridized carbons (Fsp3) is 0.471. The van der Waals surface area contributed by atoms with Gasteiger partial charge < -0.3 is 19.9 Å². The average molecular weight is 300 g/mol. The first kappa shape index (κ1) is 15.1. The van der Waals surface area contributed by atoms with Crippen LogP contribution in [0.4, 0.5) is 0 Å². The summed E-state index contributed by atoms with van der Waals surface area (Å²) in [5.74, 6) is 0.970. The second-order valence-electron chi connectivity index (χ2n) is 5.94. The van der Waals surface area contributed by atoms with Gasteiger partial charge in [0, 0.05) is 30.8 Å². The van der Waals surface area contributed by atoms with Crippen LogP contribution in [0.3, 0.4) is 0 Å². The number of aromatic nitrogens is 2. The summed E-state index contributed by atoms with van der Waals surface area (Å²) in [6, 6.07) is 6.63. The van der Waals surface area contributed by atoms with E-state index in [2.05, 4.69) is 52.5 Å². The van der Waals surface area contributed by atoms with Crippen LogP contribution in [-0.2, 0) is 13.0 Å². The lowest BCUT2D eigenvalue weighted by Crippen LogP contribution is -2.30. The Kier molecular flexibility index (Phi) is 4.45. The summed E-state index contributed by atoms with van der Waals surface area (Å²) in [6.07, 6.45) is 2.80. The van der Waals surface area contributed by atoms with Crippen LogP contribution < -0.4 is 10.1 Å². The molecule has 0 saturated heterocycles. The molecule has 1 aliphatic rings. The van der Waals surface area contributed by atoms with E-state index in [9.17, 15) is 0 Å². The molecular formula is C17H24N4O. The van der Waals surface area contributed by atoms with Crippen molar-refractivity contribution in [3.8, 4) is 5.75 Å². The highest BCUT2D eigenvalue weighted by Crippen LogP contribution is 2.30. The van der Waals surface area contributed by atoms with Crippen molar-refractivity contribution in [3.63, 3.8) is 0 Å². The van der Waals surface area contributed by atoms with Crippen molar-refractivity contribution >= 4 is 0 Å². The predicted octanol–water partition coefficient (Wildman–Crippen LogP) is 2.11. The van der Waals surface area contributed by atoms with E-state index < -0.39 is 0 Å². The Hall–Kier alpha value is -1.85. The molecule has 0 bridgehead atoms. The SMILES string of the molecule is CCOc1ccc([C@H]2NCCc3[nH]cnc32)cc1CN(C)C. The van der Waals surface area contributed by atoms with Crippen molar-refractivity contribution in [3.05, 3.63) is 47.0 Å². The topological polar surface area (TPSA) is 53.2 Å². The first-order valence-corrected chi connectivity index (χ1v) is 7.85. The van der Waals surface area contributed by atoms with Crippen molar-refractivity contribution in [1.82, 2.24) is 20.2 Å². The Morgan fingerprint density at radius 1 is 1.36 bits per heavy atom. The number of H-pyrrole nitrogens is 1. The highest BCUT2D eigenvalue weighted by molar-refractivity contribution is 5.41. The Morgan fingerprint density at radius 3 is 3.00 bits per heavy atom. The normalized spacial score (nSPS) is 17.5. The summed E-state index contributed by atoms with van der Waals surface area (Å²) in [7, 11) is 4.15. The number of ether oxygens (including phenoxy) is 1. The second kappa shape index (κ2) is 6.50. The molecule has 1 aliphatic heterocycles. The Balaban J connectivity index is 1.95. The zero-order valence-corrected chi connectivity index (χ0v) is 13.5. The average Bonchev–Trinajstić information content (AvgIpc) is 2.97. The van der Waals surface area contributed by atoms with Crippen LogP contribution in [0.25, 0.3) is 0 Å². The molecular weight excluding hydrogens is 276 g/mol. The summed E-state index contributed by atoms with van der Waals surface area (Å²) in [6.45, 7) is 4.54. The minimum absolute atomic E-state index is 0.159. The fourth-order valence-corrected chi connectivity index (χ4v) is 3.03. The van der Waals surface area contributed by atoms with E-state index in [-0.39, 0.29) is 6.04 Å². The van der Waals surface area contributed by atoms with Gasteiger partial charge in [-0.05, 0) is 38.7 Å². The molecule has 1 aromatic heterocycles. The standard InChI is InChI=1S/C17H24N4O/c1-4-22-15-6-5-12(9-13(15)10-21(2)3)16-17-14(7-8-18-16)19-11-20-17/h5-6,9,11,16,18H,4,7-8,10H2,1-3H3,(H,19,20)/t16-/m1/s1. The number of benzene rings is 1. The van der Waals surface area contributed by atoms with Gasteiger partial charge in [-0.15, -0.1) is 0 Å². The maximum atomic E-state index is 5.77. The lowest BCUT2D eigenvalue weighted by atomic mass is 9.96. The van der Waals surface area contributed by atoms with Gasteiger partial charge in [-0.2, -0.15) is 0 Å².